The smallest absolute Gasteiger partial charge is 0.251 e. The van der Waals surface area contributed by atoms with Crippen LogP contribution in [-0.2, 0) is 0 Å². The van der Waals surface area contributed by atoms with Crippen molar-refractivity contribution in [1.29, 1.82) is 0 Å². The van der Waals surface area contributed by atoms with Crippen LogP contribution in [0.3, 0.4) is 0 Å². The lowest BCUT2D eigenvalue weighted by molar-refractivity contribution is 0.0924. The number of nitrogens with two attached hydrogens (primary N) is 1. The summed E-state index contributed by atoms with van der Waals surface area (Å²) in [5.74, 6) is 1.03. The van der Waals surface area contributed by atoms with Crippen molar-refractivity contribution in [2.24, 2.45) is 11.7 Å². The van der Waals surface area contributed by atoms with Crippen LogP contribution in [0, 0.1) is 5.92 Å². The van der Waals surface area contributed by atoms with Gasteiger partial charge in [0.25, 0.3) is 11.8 Å². The summed E-state index contributed by atoms with van der Waals surface area (Å²) in [6.07, 6.45) is 8.40. The van der Waals surface area contributed by atoms with Gasteiger partial charge in [0.05, 0.1) is 5.56 Å². The zero-order valence-corrected chi connectivity index (χ0v) is 26.9. The maximum absolute atomic E-state index is 13.3. The van der Waals surface area contributed by atoms with Gasteiger partial charge in [-0.1, -0.05) is 18.2 Å². The molecule has 0 spiro atoms. The Morgan fingerprint density at radius 1 is 0.851 bits per heavy atom. The van der Waals surface area contributed by atoms with E-state index in [9.17, 15) is 14.4 Å². The summed E-state index contributed by atoms with van der Waals surface area (Å²) in [5.41, 5.74) is 9.07. The van der Waals surface area contributed by atoms with E-state index in [4.69, 9.17) is 10.7 Å². The molecule has 1 saturated carbocycles. The number of carbonyl (C=O) groups is 3. The molecule has 47 heavy (non-hydrogen) atoms. The Balaban J connectivity index is 0.901. The first kappa shape index (κ1) is 31.2. The molecule has 3 aliphatic heterocycles. The van der Waals surface area contributed by atoms with E-state index in [1.54, 1.807) is 24.4 Å². The standard InChI is InChI=1S/C37H45N7O3/c38-36(46)32-12-8-26(20-33(32)39-23-25-6-7-25)37(47)41-28-21-30-10-11-31(22-28)44(30)35-13-9-27(24-40-35)34(45)14-15-42-16-18-43(19-17-42)29-4-2-1-3-5-29/h1-5,8-9,12-13,20,24-25,28,30-31,39H,6-7,10-11,14-19,21-23H2,(H2,38,46)(H,41,47)/t28?,30-,31+. The van der Waals surface area contributed by atoms with E-state index in [2.05, 4.69) is 49.6 Å². The molecule has 10 nitrogen and oxygen atoms in total. The minimum absolute atomic E-state index is 0.0605. The highest BCUT2D eigenvalue weighted by Crippen LogP contribution is 2.39. The Labute approximate surface area is 276 Å². The van der Waals surface area contributed by atoms with Crippen molar-refractivity contribution >= 4 is 34.8 Å². The first-order chi connectivity index (χ1) is 22.9. The number of nitrogens with zero attached hydrogens (tertiary/aromatic N) is 4. The Hall–Kier alpha value is -4.44. The molecule has 2 bridgehead atoms. The number of amides is 2. The molecular formula is C37H45N7O3. The third-order valence-electron chi connectivity index (χ3n) is 10.4. The average molecular weight is 636 g/mol. The molecule has 4 N–H and O–H groups in total. The highest BCUT2D eigenvalue weighted by atomic mass is 16.2. The zero-order chi connectivity index (χ0) is 32.3. The van der Waals surface area contributed by atoms with Crippen molar-refractivity contribution < 1.29 is 14.4 Å². The van der Waals surface area contributed by atoms with E-state index in [1.807, 2.05) is 18.2 Å². The third-order valence-corrected chi connectivity index (χ3v) is 10.4. The second kappa shape index (κ2) is 13.7. The van der Waals surface area contributed by atoms with Crippen LogP contribution in [0.15, 0.2) is 66.9 Å². The molecule has 1 aromatic heterocycles. The van der Waals surface area contributed by atoms with Crippen LogP contribution in [0.5, 0.6) is 0 Å². The van der Waals surface area contributed by atoms with Gasteiger partial charge in [0.2, 0.25) is 0 Å². The van der Waals surface area contributed by atoms with Gasteiger partial charge in [-0.2, -0.15) is 0 Å². The number of pyridine rings is 1. The molecule has 3 saturated heterocycles. The van der Waals surface area contributed by atoms with E-state index in [0.717, 1.165) is 70.8 Å². The normalized spacial score (nSPS) is 22.6. The van der Waals surface area contributed by atoms with Crippen LogP contribution in [0.1, 0.15) is 76.0 Å². The number of nitrogens with one attached hydrogen (secondary N) is 2. The number of fused-ring (bicyclic) bond motifs is 2. The zero-order valence-electron chi connectivity index (χ0n) is 26.9. The summed E-state index contributed by atoms with van der Waals surface area (Å²) in [5, 5.41) is 6.58. The van der Waals surface area contributed by atoms with Gasteiger partial charge in [0.1, 0.15) is 5.82 Å². The number of carbonyl (C=O) groups excluding carboxylic acids is 3. The Morgan fingerprint density at radius 3 is 2.23 bits per heavy atom. The number of hydrogen-bond acceptors (Lipinski definition) is 8. The molecule has 246 valence electrons. The molecule has 7 rings (SSSR count). The molecule has 2 amide bonds. The highest BCUT2D eigenvalue weighted by molar-refractivity contribution is 6.02. The van der Waals surface area contributed by atoms with Crippen LogP contribution in [0.4, 0.5) is 17.2 Å². The summed E-state index contributed by atoms with van der Waals surface area (Å²) < 4.78 is 0. The van der Waals surface area contributed by atoms with E-state index < -0.39 is 5.91 Å². The number of piperidine rings is 1. The Bertz CT molecular complexity index is 1570. The summed E-state index contributed by atoms with van der Waals surface area (Å²) in [7, 11) is 0. The highest BCUT2D eigenvalue weighted by Gasteiger charge is 2.42. The quantitative estimate of drug-likeness (QED) is 0.252. The molecule has 1 aliphatic carbocycles. The van der Waals surface area contributed by atoms with Crippen LogP contribution < -0.4 is 26.2 Å². The van der Waals surface area contributed by atoms with E-state index in [-0.39, 0.29) is 29.8 Å². The molecule has 3 atom stereocenters. The molecule has 10 heteroatoms. The number of ketones is 1. The van der Waals surface area contributed by atoms with E-state index >= 15 is 0 Å². The predicted molar refractivity (Wildman–Crippen MR) is 184 cm³/mol. The molecule has 4 heterocycles. The fourth-order valence-corrected chi connectivity index (χ4v) is 7.54. The lowest BCUT2D eigenvalue weighted by atomic mass is 9.96. The van der Waals surface area contributed by atoms with Gasteiger partial charge < -0.3 is 26.2 Å². The largest absolute Gasteiger partial charge is 0.384 e. The summed E-state index contributed by atoms with van der Waals surface area (Å²) in [4.78, 5) is 50.2. The third kappa shape index (κ3) is 7.27. The second-order valence-electron chi connectivity index (χ2n) is 13.6. The number of benzene rings is 2. The lowest BCUT2D eigenvalue weighted by Crippen LogP contribution is -2.50. The topological polar surface area (TPSA) is 124 Å². The van der Waals surface area contributed by atoms with Crippen molar-refractivity contribution in [3.05, 3.63) is 83.6 Å². The minimum Gasteiger partial charge on any atom is -0.384 e. The van der Waals surface area contributed by atoms with Crippen molar-refractivity contribution in [1.82, 2.24) is 15.2 Å². The number of para-hydroxylation sites is 1. The monoisotopic (exact) mass is 635 g/mol. The molecule has 2 aromatic carbocycles. The van der Waals surface area contributed by atoms with Crippen LogP contribution in [0.25, 0.3) is 0 Å². The molecule has 0 radical (unpaired) electrons. The number of primary amides is 1. The van der Waals surface area contributed by atoms with Gasteiger partial charge >= 0.3 is 0 Å². The Kier molecular flexibility index (Phi) is 9.11. The number of hydrogen-bond donors (Lipinski definition) is 3. The van der Waals surface area contributed by atoms with Gasteiger partial charge in [-0.15, -0.1) is 0 Å². The minimum atomic E-state index is -0.501. The molecule has 4 aliphatic rings. The van der Waals surface area contributed by atoms with Crippen molar-refractivity contribution in [2.45, 2.75) is 63.1 Å². The SMILES string of the molecule is NC(=O)c1ccc(C(=O)NC2C[C@H]3CC[C@@H](C2)N3c2ccc(C(=O)CCN3CCN(c4ccccc4)CC3)cn2)cc1NCC1CC1. The van der Waals surface area contributed by atoms with Crippen molar-refractivity contribution in [2.75, 3.05) is 54.4 Å². The average Bonchev–Trinajstić information content (AvgIpc) is 3.89. The van der Waals surface area contributed by atoms with Crippen molar-refractivity contribution in [3.8, 4) is 0 Å². The molecule has 1 unspecified atom stereocenters. The summed E-state index contributed by atoms with van der Waals surface area (Å²) >= 11 is 0. The van der Waals surface area contributed by atoms with Gasteiger partial charge in [-0.05, 0) is 86.9 Å². The van der Waals surface area contributed by atoms with Gasteiger partial charge in [0.15, 0.2) is 5.78 Å². The summed E-state index contributed by atoms with van der Waals surface area (Å²) in [6, 6.07) is 20.1. The molecule has 4 fully saturated rings. The first-order valence-corrected chi connectivity index (χ1v) is 17.2. The van der Waals surface area contributed by atoms with E-state index in [1.165, 1.54) is 18.5 Å². The summed E-state index contributed by atoms with van der Waals surface area (Å²) in [6.45, 7) is 5.40. The first-order valence-electron chi connectivity index (χ1n) is 17.2. The maximum atomic E-state index is 13.3. The number of rotatable bonds is 12. The Morgan fingerprint density at radius 2 is 1.57 bits per heavy atom. The van der Waals surface area contributed by atoms with Crippen LogP contribution >= 0.6 is 0 Å². The van der Waals surface area contributed by atoms with Gasteiger partial charge in [-0.3, -0.25) is 19.3 Å². The maximum Gasteiger partial charge on any atom is 0.251 e. The number of anilines is 3. The second-order valence-corrected chi connectivity index (χ2v) is 13.6. The predicted octanol–water partition coefficient (Wildman–Crippen LogP) is 4.33. The van der Waals surface area contributed by atoms with Crippen molar-refractivity contribution in [3.63, 3.8) is 0 Å². The van der Waals surface area contributed by atoms with Gasteiger partial charge in [-0.25, -0.2) is 4.98 Å². The number of piperazine rings is 1. The van der Waals surface area contributed by atoms with E-state index in [0.29, 0.717) is 34.7 Å². The number of Topliss-reactive ketones (excluding diaryl/α,β-unsaturated/α-hetero) is 1. The fourth-order valence-electron chi connectivity index (χ4n) is 7.54. The van der Waals surface area contributed by atoms with Crippen LogP contribution in [0.2, 0.25) is 0 Å². The fraction of sp³-hybridized carbons (Fsp3) is 0.459. The number of aromatic nitrogens is 1. The van der Waals surface area contributed by atoms with Crippen LogP contribution in [-0.4, -0.2) is 84.9 Å². The lowest BCUT2D eigenvalue weighted by Gasteiger charge is -2.40. The van der Waals surface area contributed by atoms with Gasteiger partial charge in [0, 0.05) is 92.5 Å². The molecule has 3 aromatic rings. The molecular weight excluding hydrogens is 590 g/mol.